The Morgan fingerprint density at radius 2 is 1.80 bits per heavy atom. The number of nitrogens with zero attached hydrogens (tertiary/aromatic N) is 2. The van der Waals surface area contributed by atoms with Gasteiger partial charge in [-0.15, -0.1) is 0 Å². The second kappa shape index (κ2) is 16.8. The van der Waals surface area contributed by atoms with Crippen LogP contribution in [-0.4, -0.2) is 41.0 Å². The van der Waals surface area contributed by atoms with E-state index in [4.69, 9.17) is 21.1 Å². The molecule has 0 spiro atoms. The van der Waals surface area contributed by atoms with Crippen molar-refractivity contribution in [3.8, 4) is 5.75 Å². The molecule has 1 N–H and O–H groups in total. The molecule has 1 heterocycles. The molecular weight excluding hydrogens is 585 g/mol. The van der Waals surface area contributed by atoms with E-state index in [9.17, 15) is 18.8 Å². The number of aromatic nitrogens is 1. The van der Waals surface area contributed by atoms with Crippen molar-refractivity contribution in [1.82, 2.24) is 14.8 Å². The molecule has 0 unspecified atom stereocenters. The number of pyridine rings is 1. The summed E-state index contributed by atoms with van der Waals surface area (Å²) in [6.07, 6.45) is -0.0859. The monoisotopic (exact) mass is 627 g/mol. The summed E-state index contributed by atoms with van der Waals surface area (Å²) in [5, 5.41) is 2.74. The Kier molecular flexibility index (Phi) is 13.8. The molecule has 0 bridgehead atoms. The molecule has 0 saturated carbocycles. The van der Waals surface area contributed by atoms with Crippen LogP contribution in [0, 0.1) is 5.82 Å². The molecule has 1 aromatic heterocycles. The largest absolute Gasteiger partial charge is 0.483 e. The van der Waals surface area contributed by atoms with Gasteiger partial charge in [-0.25, -0.2) is 9.18 Å². The molecule has 1 amide bonds. The zero-order valence-corrected chi connectivity index (χ0v) is 27.4. The number of ether oxygens (including phenoxy) is 2. The van der Waals surface area contributed by atoms with E-state index in [0.717, 1.165) is 11.1 Å². The first-order valence-corrected chi connectivity index (χ1v) is 14.8. The van der Waals surface area contributed by atoms with Crippen LogP contribution in [0.4, 0.5) is 9.18 Å². The average Bonchev–Trinajstić information content (AvgIpc) is 2.96. The van der Waals surface area contributed by atoms with E-state index in [1.165, 1.54) is 6.07 Å². The van der Waals surface area contributed by atoms with Crippen molar-refractivity contribution in [3.63, 3.8) is 0 Å². The number of amides is 1. The summed E-state index contributed by atoms with van der Waals surface area (Å²) >= 11 is 5.95. The molecule has 3 rings (SSSR count). The Balaban J connectivity index is 0.00000330. The SMILES string of the molecule is C=C(C)c1c(CNC(=O)OC(C)(C)C)n(CCN(C)Cc2ccc(F)c(Cl)c2)c(C=O)c(OCc2ccccc2)c1=O.CC. The van der Waals surface area contributed by atoms with E-state index in [2.05, 4.69) is 11.9 Å². The van der Waals surface area contributed by atoms with Crippen molar-refractivity contribution in [3.05, 3.63) is 104 Å². The highest BCUT2D eigenvalue weighted by Gasteiger charge is 2.25. The summed E-state index contributed by atoms with van der Waals surface area (Å²) in [6.45, 7) is 16.0. The number of alkyl carbamates (subject to hydrolysis) is 1. The number of halogens is 2. The zero-order valence-electron chi connectivity index (χ0n) is 26.6. The number of likely N-dealkylation sites (N-methyl/N-ethyl adjacent to an activating group) is 1. The standard InChI is InChI=1S/C32H37ClFN3O5.C2H6/c1-21(2)28-26(17-35-31(40)42-32(3,4)5)37(15-14-36(6)18-23-12-13-25(34)24(33)16-23)27(19-38)30(29(28)39)41-20-22-10-8-7-9-11-22;1-2/h7-13,16,19H,1,14-15,17-18,20H2,2-6H3,(H,35,40);1-2H3. The van der Waals surface area contributed by atoms with Crippen LogP contribution in [-0.2, 0) is 31.0 Å². The predicted octanol–water partition coefficient (Wildman–Crippen LogP) is 7.25. The fourth-order valence-electron chi connectivity index (χ4n) is 4.40. The number of nitrogens with one attached hydrogen (secondary N) is 1. The molecule has 44 heavy (non-hydrogen) atoms. The molecule has 238 valence electrons. The fraction of sp³-hybridized carbons (Fsp3) is 0.382. The Morgan fingerprint density at radius 3 is 2.36 bits per heavy atom. The Hall–Kier alpha value is -3.95. The molecule has 0 fully saturated rings. The number of benzene rings is 2. The molecule has 0 radical (unpaired) electrons. The second-order valence-corrected chi connectivity index (χ2v) is 11.4. The van der Waals surface area contributed by atoms with Crippen LogP contribution < -0.4 is 15.5 Å². The summed E-state index contributed by atoms with van der Waals surface area (Å²) in [6, 6.07) is 13.8. The van der Waals surface area contributed by atoms with Gasteiger partial charge < -0.3 is 24.3 Å². The Labute approximate surface area is 264 Å². The van der Waals surface area contributed by atoms with Gasteiger partial charge in [-0.3, -0.25) is 9.59 Å². The van der Waals surface area contributed by atoms with E-state index < -0.39 is 22.9 Å². The van der Waals surface area contributed by atoms with E-state index in [0.29, 0.717) is 30.6 Å². The van der Waals surface area contributed by atoms with Crippen LogP contribution in [0.1, 0.15) is 74.4 Å². The van der Waals surface area contributed by atoms with Crippen molar-refractivity contribution >= 4 is 29.6 Å². The third-order valence-corrected chi connectivity index (χ3v) is 6.57. The first-order valence-electron chi connectivity index (χ1n) is 14.5. The van der Waals surface area contributed by atoms with Crippen LogP contribution >= 0.6 is 11.6 Å². The summed E-state index contributed by atoms with van der Waals surface area (Å²) in [4.78, 5) is 40.8. The normalized spacial score (nSPS) is 11.0. The van der Waals surface area contributed by atoms with Gasteiger partial charge in [0.2, 0.25) is 5.43 Å². The van der Waals surface area contributed by atoms with Gasteiger partial charge in [-0.05, 0) is 63.6 Å². The molecule has 8 nitrogen and oxygen atoms in total. The smallest absolute Gasteiger partial charge is 0.407 e. The Morgan fingerprint density at radius 1 is 1.14 bits per heavy atom. The molecule has 0 saturated heterocycles. The lowest BCUT2D eigenvalue weighted by molar-refractivity contribution is 0.0522. The van der Waals surface area contributed by atoms with Crippen LogP contribution in [0.5, 0.6) is 5.75 Å². The first kappa shape index (κ1) is 36.2. The van der Waals surface area contributed by atoms with Crippen molar-refractivity contribution in [2.24, 2.45) is 0 Å². The van der Waals surface area contributed by atoms with Crippen LogP contribution in [0.15, 0.2) is 59.9 Å². The number of hydrogen-bond acceptors (Lipinski definition) is 6. The third-order valence-electron chi connectivity index (χ3n) is 6.28. The van der Waals surface area contributed by atoms with Crippen molar-refractivity contribution < 1.29 is 23.5 Å². The van der Waals surface area contributed by atoms with Gasteiger partial charge in [0.15, 0.2) is 12.0 Å². The van der Waals surface area contributed by atoms with Gasteiger partial charge in [-0.1, -0.05) is 68.4 Å². The summed E-state index contributed by atoms with van der Waals surface area (Å²) in [5.41, 5.74) is 1.54. The highest BCUT2D eigenvalue weighted by Crippen LogP contribution is 2.24. The number of allylic oxidation sites excluding steroid dienone is 1. The highest BCUT2D eigenvalue weighted by molar-refractivity contribution is 6.30. The fourth-order valence-corrected chi connectivity index (χ4v) is 4.60. The van der Waals surface area contributed by atoms with E-state index in [1.807, 2.05) is 56.1 Å². The molecule has 0 atom stereocenters. The van der Waals surface area contributed by atoms with Crippen molar-refractivity contribution in [1.29, 1.82) is 0 Å². The predicted molar refractivity (Wildman–Crippen MR) is 174 cm³/mol. The number of aldehydes is 1. The minimum Gasteiger partial charge on any atom is -0.483 e. The van der Waals surface area contributed by atoms with Gasteiger partial charge in [0, 0.05) is 30.9 Å². The van der Waals surface area contributed by atoms with Crippen molar-refractivity contribution in [2.75, 3.05) is 13.6 Å². The summed E-state index contributed by atoms with van der Waals surface area (Å²) in [7, 11) is 1.87. The number of rotatable bonds is 12. The molecule has 0 aliphatic rings. The maximum Gasteiger partial charge on any atom is 0.407 e. The second-order valence-electron chi connectivity index (χ2n) is 11.0. The molecular formula is C34H43ClFN3O5. The quantitative estimate of drug-likeness (QED) is 0.213. The number of carbonyl (C=O) groups is 2. The topological polar surface area (TPSA) is 89.9 Å². The maximum atomic E-state index is 13.7. The molecule has 2 aromatic carbocycles. The van der Waals surface area contributed by atoms with E-state index in [-0.39, 0.29) is 41.7 Å². The molecule has 10 heteroatoms. The number of hydrogen-bond donors (Lipinski definition) is 1. The minimum atomic E-state index is -0.726. The average molecular weight is 628 g/mol. The van der Waals surface area contributed by atoms with Gasteiger partial charge in [0.25, 0.3) is 0 Å². The van der Waals surface area contributed by atoms with Gasteiger partial charge in [0.05, 0.1) is 11.6 Å². The molecule has 0 aliphatic heterocycles. The highest BCUT2D eigenvalue weighted by atomic mass is 35.5. The first-order chi connectivity index (χ1) is 20.8. The minimum absolute atomic E-state index is 0.0337. The van der Waals surface area contributed by atoms with E-state index >= 15 is 0 Å². The molecule has 0 aliphatic carbocycles. The third kappa shape index (κ3) is 10.3. The van der Waals surface area contributed by atoms with Crippen LogP contribution in [0.25, 0.3) is 5.57 Å². The lowest BCUT2D eigenvalue weighted by atomic mass is 10.0. The van der Waals surface area contributed by atoms with Crippen LogP contribution in [0.3, 0.4) is 0 Å². The van der Waals surface area contributed by atoms with Crippen LogP contribution in [0.2, 0.25) is 5.02 Å². The lowest BCUT2D eigenvalue weighted by Gasteiger charge is -2.25. The summed E-state index contributed by atoms with van der Waals surface area (Å²) < 4.78 is 26.7. The Bertz CT molecular complexity index is 1500. The van der Waals surface area contributed by atoms with Gasteiger partial charge in [-0.2, -0.15) is 0 Å². The zero-order chi connectivity index (χ0) is 33.0. The lowest BCUT2D eigenvalue weighted by Crippen LogP contribution is -2.35. The summed E-state index contributed by atoms with van der Waals surface area (Å²) in [5.74, 6) is -0.592. The van der Waals surface area contributed by atoms with E-state index in [1.54, 1.807) is 44.4 Å². The number of carbonyl (C=O) groups excluding carboxylic acids is 2. The molecule has 3 aromatic rings. The van der Waals surface area contributed by atoms with Crippen molar-refractivity contribution in [2.45, 2.75) is 73.4 Å². The van der Waals surface area contributed by atoms with Gasteiger partial charge in [0.1, 0.15) is 23.7 Å². The van der Waals surface area contributed by atoms with Gasteiger partial charge >= 0.3 is 6.09 Å². The maximum absolute atomic E-state index is 13.7.